The van der Waals surface area contributed by atoms with E-state index in [-0.39, 0.29) is 5.78 Å². The van der Waals surface area contributed by atoms with Crippen molar-refractivity contribution in [3.63, 3.8) is 0 Å². The first-order valence-electron chi connectivity index (χ1n) is 7.20. The summed E-state index contributed by atoms with van der Waals surface area (Å²) in [7, 11) is 0. The molecule has 0 aliphatic heterocycles. The van der Waals surface area contributed by atoms with Gasteiger partial charge >= 0.3 is 0 Å². The van der Waals surface area contributed by atoms with E-state index in [1.54, 1.807) is 0 Å². The molecule has 0 unspecified atom stereocenters. The minimum atomic E-state index is 0.161. The van der Waals surface area contributed by atoms with Crippen molar-refractivity contribution in [2.45, 2.75) is 27.3 Å². The number of Topliss-reactive ketones (excluding diaryl/α,β-unsaturated/α-hetero) is 1. The molecule has 0 bridgehead atoms. The van der Waals surface area contributed by atoms with Gasteiger partial charge < -0.3 is 4.57 Å². The van der Waals surface area contributed by atoms with Gasteiger partial charge in [-0.1, -0.05) is 29.3 Å². The third-order valence-corrected chi connectivity index (χ3v) is 3.93. The lowest BCUT2D eigenvalue weighted by Gasteiger charge is -2.08. The Kier molecular flexibility index (Phi) is 3.38. The van der Waals surface area contributed by atoms with Crippen molar-refractivity contribution >= 4 is 16.7 Å². The van der Waals surface area contributed by atoms with Gasteiger partial charge in [-0.15, -0.1) is 0 Å². The smallest absolute Gasteiger partial charge is 0.182 e. The molecule has 0 saturated carbocycles. The van der Waals surface area contributed by atoms with Crippen molar-refractivity contribution in [2.75, 3.05) is 0 Å². The van der Waals surface area contributed by atoms with Gasteiger partial charge in [-0.05, 0) is 56.0 Å². The molecule has 2 aromatic carbocycles. The zero-order valence-corrected chi connectivity index (χ0v) is 12.7. The first-order chi connectivity index (χ1) is 10.0. The summed E-state index contributed by atoms with van der Waals surface area (Å²) in [5.74, 6) is 0.161. The Morgan fingerprint density at radius 2 is 1.67 bits per heavy atom. The number of benzene rings is 2. The monoisotopic (exact) mass is 277 g/mol. The molecule has 0 amide bonds. The number of rotatable bonds is 3. The highest BCUT2D eigenvalue weighted by atomic mass is 16.1. The molecular formula is C19H19NO. The molecule has 0 atom stereocenters. The van der Waals surface area contributed by atoms with Gasteiger partial charge in [0.1, 0.15) is 0 Å². The van der Waals surface area contributed by atoms with Gasteiger partial charge in [-0.2, -0.15) is 0 Å². The Bertz CT molecular complexity index is 827. The van der Waals surface area contributed by atoms with Gasteiger partial charge in [0, 0.05) is 17.3 Å². The fourth-order valence-electron chi connectivity index (χ4n) is 2.73. The summed E-state index contributed by atoms with van der Waals surface area (Å²) in [4.78, 5) is 12.6. The largest absolute Gasteiger partial charge is 0.340 e. The second-order valence-corrected chi connectivity index (χ2v) is 5.75. The molecule has 3 aromatic rings. The number of nitrogens with zero attached hydrogens (tertiary/aromatic N) is 1. The van der Waals surface area contributed by atoms with Crippen LogP contribution < -0.4 is 0 Å². The van der Waals surface area contributed by atoms with E-state index < -0.39 is 0 Å². The van der Waals surface area contributed by atoms with Gasteiger partial charge in [-0.25, -0.2) is 0 Å². The van der Waals surface area contributed by atoms with Crippen LogP contribution in [0.4, 0.5) is 0 Å². The Labute approximate surface area is 125 Å². The fourth-order valence-corrected chi connectivity index (χ4v) is 2.73. The molecule has 1 aromatic heterocycles. The van der Waals surface area contributed by atoms with E-state index in [2.05, 4.69) is 31.2 Å². The van der Waals surface area contributed by atoms with E-state index in [1.165, 1.54) is 10.9 Å². The Balaban J connectivity index is 1.95. The van der Waals surface area contributed by atoms with Crippen LogP contribution in [0.5, 0.6) is 0 Å². The van der Waals surface area contributed by atoms with E-state index in [9.17, 15) is 4.79 Å². The third kappa shape index (κ3) is 2.62. The van der Waals surface area contributed by atoms with Crippen LogP contribution in [-0.4, -0.2) is 10.4 Å². The number of carbonyl (C=O) groups is 1. The minimum Gasteiger partial charge on any atom is -0.340 e. The van der Waals surface area contributed by atoms with Gasteiger partial charge in [0.05, 0.1) is 6.54 Å². The molecule has 2 heteroatoms. The van der Waals surface area contributed by atoms with Crippen LogP contribution >= 0.6 is 0 Å². The summed E-state index contributed by atoms with van der Waals surface area (Å²) in [6, 6.07) is 14.4. The lowest BCUT2D eigenvalue weighted by Crippen LogP contribution is -2.11. The zero-order chi connectivity index (χ0) is 15.0. The predicted octanol–water partition coefficient (Wildman–Crippen LogP) is 4.45. The maximum absolute atomic E-state index is 12.6. The van der Waals surface area contributed by atoms with Crippen molar-refractivity contribution < 1.29 is 4.79 Å². The van der Waals surface area contributed by atoms with Crippen LogP contribution in [0, 0.1) is 20.8 Å². The molecule has 0 spiro atoms. The summed E-state index contributed by atoms with van der Waals surface area (Å²) in [6.45, 7) is 6.47. The maximum atomic E-state index is 12.6. The van der Waals surface area contributed by atoms with Crippen LogP contribution in [0.1, 0.15) is 27.0 Å². The van der Waals surface area contributed by atoms with E-state index in [0.29, 0.717) is 6.54 Å². The average molecular weight is 277 g/mol. The molecule has 0 aliphatic carbocycles. The molecule has 0 aliphatic rings. The summed E-state index contributed by atoms with van der Waals surface area (Å²) in [5.41, 5.74) is 5.33. The zero-order valence-electron chi connectivity index (χ0n) is 12.7. The molecule has 0 fully saturated rings. The summed E-state index contributed by atoms with van der Waals surface area (Å²) in [6.07, 6.45) is 1.99. The summed E-state index contributed by atoms with van der Waals surface area (Å²) < 4.78 is 2.03. The molecule has 106 valence electrons. The van der Waals surface area contributed by atoms with Crippen LogP contribution in [0.15, 0.2) is 48.7 Å². The first-order valence-corrected chi connectivity index (χ1v) is 7.20. The van der Waals surface area contributed by atoms with E-state index in [4.69, 9.17) is 0 Å². The molecule has 2 nitrogen and oxygen atoms in total. The quantitative estimate of drug-likeness (QED) is 0.648. The van der Waals surface area contributed by atoms with E-state index in [0.717, 1.165) is 22.2 Å². The Morgan fingerprint density at radius 1 is 0.952 bits per heavy atom. The average Bonchev–Trinajstić information content (AvgIpc) is 2.83. The van der Waals surface area contributed by atoms with Crippen molar-refractivity contribution in [1.82, 2.24) is 4.57 Å². The van der Waals surface area contributed by atoms with Gasteiger partial charge in [-0.3, -0.25) is 4.79 Å². The molecule has 0 radical (unpaired) electrons. The minimum absolute atomic E-state index is 0.161. The highest BCUT2D eigenvalue weighted by Crippen LogP contribution is 2.19. The highest BCUT2D eigenvalue weighted by Gasteiger charge is 2.11. The number of ketones is 1. The highest BCUT2D eigenvalue weighted by molar-refractivity contribution is 5.98. The molecule has 1 heterocycles. The number of fused-ring (bicyclic) bond motifs is 1. The van der Waals surface area contributed by atoms with Gasteiger partial charge in [0.25, 0.3) is 0 Å². The van der Waals surface area contributed by atoms with Gasteiger partial charge in [0.2, 0.25) is 0 Å². The molecule has 0 saturated heterocycles. The van der Waals surface area contributed by atoms with Crippen molar-refractivity contribution in [3.8, 4) is 0 Å². The lowest BCUT2D eigenvalue weighted by atomic mass is 10.0. The fraction of sp³-hybridized carbons (Fsp3) is 0.211. The topological polar surface area (TPSA) is 22.0 Å². The molecule has 0 N–H and O–H groups in total. The molecular weight excluding hydrogens is 258 g/mol. The number of carbonyl (C=O) groups excluding carboxylic acids is 1. The summed E-state index contributed by atoms with van der Waals surface area (Å²) >= 11 is 0. The normalized spacial score (nSPS) is 11.0. The molecule has 3 rings (SSSR count). The second kappa shape index (κ2) is 5.21. The van der Waals surface area contributed by atoms with E-state index >= 15 is 0 Å². The third-order valence-electron chi connectivity index (χ3n) is 3.93. The van der Waals surface area contributed by atoms with E-state index in [1.807, 2.05) is 42.8 Å². The summed E-state index contributed by atoms with van der Waals surface area (Å²) in [5, 5.41) is 1.18. The Hall–Kier alpha value is -2.35. The predicted molar refractivity (Wildman–Crippen MR) is 86.9 cm³/mol. The van der Waals surface area contributed by atoms with Crippen LogP contribution in [0.2, 0.25) is 0 Å². The number of aryl methyl sites for hydroxylation is 3. The number of hydrogen-bond acceptors (Lipinski definition) is 1. The maximum Gasteiger partial charge on any atom is 0.182 e. The number of aromatic nitrogens is 1. The van der Waals surface area contributed by atoms with Crippen molar-refractivity contribution in [3.05, 3.63) is 70.9 Å². The Morgan fingerprint density at radius 3 is 2.48 bits per heavy atom. The van der Waals surface area contributed by atoms with Crippen LogP contribution in [0.25, 0.3) is 10.9 Å². The van der Waals surface area contributed by atoms with Crippen molar-refractivity contribution in [2.24, 2.45) is 0 Å². The van der Waals surface area contributed by atoms with Gasteiger partial charge in [0.15, 0.2) is 5.78 Å². The SMILES string of the molecule is Cc1ccc(C)c(C(=O)Cn2ccc3cc(C)ccc32)c1. The van der Waals surface area contributed by atoms with Crippen molar-refractivity contribution in [1.29, 1.82) is 0 Å². The second-order valence-electron chi connectivity index (χ2n) is 5.75. The number of hydrogen-bond donors (Lipinski definition) is 0. The lowest BCUT2D eigenvalue weighted by molar-refractivity contribution is 0.0973. The first kappa shape index (κ1) is 13.6. The van der Waals surface area contributed by atoms with Crippen LogP contribution in [0.3, 0.4) is 0 Å². The molecule has 21 heavy (non-hydrogen) atoms. The van der Waals surface area contributed by atoms with Crippen LogP contribution in [-0.2, 0) is 6.54 Å². The standard InChI is InChI=1S/C19H19NO/c1-13-5-7-18-16(10-13)8-9-20(18)12-19(21)17-11-14(2)4-6-15(17)3/h4-11H,12H2,1-3H3.